The monoisotopic (exact) mass is 605 g/mol. The smallest absolute Gasteiger partial charge is 0.261 e. The van der Waals surface area contributed by atoms with Crippen molar-refractivity contribution in [2.45, 2.75) is 6.92 Å². The van der Waals surface area contributed by atoms with E-state index in [1.165, 1.54) is 19.2 Å². The summed E-state index contributed by atoms with van der Waals surface area (Å²) in [6.07, 6.45) is 1.14. The molecule has 212 valence electrons. The molecule has 42 heavy (non-hydrogen) atoms. The average Bonchev–Trinajstić information content (AvgIpc) is 3.34. The summed E-state index contributed by atoms with van der Waals surface area (Å²) in [6, 6.07) is 17.5. The van der Waals surface area contributed by atoms with Crippen molar-refractivity contribution in [3.05, 3.63) is 107 Å². The predicted octanol–water partition coefficient (Wildman–Crippen LogP) is 8.43. The number of nitrogens with zero attached hydrogens (tertiary/aromatic N) is 1. The van der Waals surface area contributed by atoms with Crippen LogP contribution in [-0.2, 0) is 4.79 Å². The Bertz CT molecular complexity index is 1850. The fraction of sp³-hybridized carbons (Fsp3) is 0.0645. The van der Waals surface area contributed by atoms with Crippen molar-refractivity contribution in [1.29, 1.82) is 0 Å². The van der Waals surface area contributed by atoms with Gasteiger partial charge in [-0.15, -0.1) is 0 Å². The number of anilines is 2. The molecule has 8 nitrogen and oxygen atoms in total. The molecule has 1 heterocycles. The van der Waals surface area contributed by atoms with E-state index >= 15 is 4.39 Å². The van der Waals surface area contributed by atoms with Crippen molar-refractivity contribution in [1.82, 2.24) is 5.16 Å². The highest BCUT2D eigenvalue weighted by Gasteiger charge is 2.25. The van der Waals surface area contributed by atoms with Gasteiger partial charge in [-0.3, -0.25) is 9.59 Å². The molecule has 11 heteroatoms. The highest BCUT2D eigenvalue weighted by molar-refractivity contribution is 6.39. The number of benzene rings is 4. The van der Waals surface area contributed by atoms with E-state index in [0.29, 0.717) is 38.2 Å². The SMILES string of the molecule is C=CC(=O)Nc1cc2c(Oc3ccc(NC(=O)c4c(-c5c(Cl)cccc5Cl)noc4C)cc3F)cccc2cc1OC. The van der Waals surface area contributed by atoms with Crippen LogP contribution < -0.4 is 20.1 Å². The molecule has 2 N–H and O–H groups in total. The number of hydrogen-bond acceptors (Lipinski definition) is 6. The molecule has 0 aliphatic rings. The second-order valence-corrected chi connectivity index (χ2v) is 9.80. The molecular weight excluding hydrogens is 584 g/mol. The number of halogens is 3. The van der Waals surface area contributed by atoms with Crippen molar-refractivity contribution in [2.24, 2.45) is 0 Å². The van der Waals surface area contributed by atoms with Crippen molar-refractivity contribution in [2.75, 3.05) is 17.7 Å². The third-order valence-corrected chi connectivity index (χ3v) is 6.93. The summed E-state index contributed by atoms with van der Waals surface area (Å²) in [5, 5.41) is 11.2. The van der Waals surface area contributed by atoms with Gasteiger partial charge in [-0.05, 0) is 60.9 Å². The number of ether oxygens (including phenoxy) is 2. The van der Waals surface area contributed by atoms with Crippen LogP contribution in [0.15, 0.2) is 83.9 Å². The van der Waals surface area contributed by atoms with Crippen LogP contribution in [0, 0.1) is 12.7 Å². The van der Waals surface area contributed by atoms with Gasteiger partial charge in [0.25, 0.3) is 5.91 Å². The Kier molecular flexibility index (Phi) is 8.15. The minimum Gasteiger partial charge on any atom is -0.495 e. The third kappa shape index (κ3) is 5.65. The van der Waals surface area contributed by atoms with Gasteiger partial charge in [0.15, 0.2) is 11.6 Å². The molecule has 0 radical (unpaired) electrons. The lowest BCUT2D eigenvalue weighted by atomic mass is 10.1. The zero-order valence-corrected chi connectivity index (χ0v) is 23.8. The Balaban J connectivity index is 1.42. The minimum atomic E-state index is -0.727. The quantitative estimate of drug-likeness (QED) is 0.172. The summed E-state index contributed by atoms with van der Waals surface area (Å²) >= 11 is 12.6. The average molecular weight is 606 g/mol. The van der Waals surface area contributed by atoms with Gasteiger partial charge in [-0.1, -0.05) is 53.1 Å². The third-order valence-electron chi connectivity index (χ3n) is 6.30. The van der Waals surface area contributed by atoms with Crippen LogP contribution in [0.4, 0.5) is 15.8 Å². The first-order valence-corrected chi connectivity index (χ1v) is 13.2. The normalized spacial score (nSPS) is 10.8. The van der Waals surface area contributed by atoms with Crippen molar-refractivity contribution >= 4 is 57.2 Å². The number of nitrogens with one attached hydrogen (secondary N) is 2. The van der Waals surface area contributed by atoms with Crippen molar-refractivity contribution < 1.29 is 28.0 Å². The van der Waals surface area contributed by atoms with Crippen LogP contribution in [0.1, 0.15) is 16.1 Å². The molecule has 0 unspecified atom stereocenters. The largest absolute Gasteiger partial charge is 0.495 e. The van der Waals surface area contributed by atoms with Gasteiger partial charge in [-0.2, -0.15) is 0 Å². The van der Waals surface area contributed by atoms with E-state index in [4.69, 9.17) is 37.2 Å². The van der Waals surface area contributed by atoms with Crippen molar-refractivity contribution in [3.63, 3.8) is 0 Å². The molecular formula is C31H22Cl2FN3O5. The van der Waals surface area contributed by atoms with E-state index < -0.39 is 17.6 Å². The van der Waals surface area contributed by atoms with Gasteiger partial charge >= 0.3 is 0 Å². The molecule has 0 saturated heterocycles. The Morgan fingerprint density at radius 1 is 0.976 bits per heavy atom. The number of fused-ring (bicyclic) bond motifs is 1. The lowest BCUT2D eigenvalue weighted by molar-refractivity contribution is -0.111. The maximum atomic E-state index is 15.2. The first-order chi connectivity index (χ1) is 20.2. The Labute approximate surface area is 249 Å². The van der Waals surface area contributed by atoms with Crippen LogP contribution >= 0.6 is 23.2 Å². The minimum absolute atomic E-state index is 0.0855. The molecule has 0 bridgehead atoms. The fourth-order valence-corrected chi connectivity index (χ4v) is 4.90. The second-order valence-electron chi connectivity index (χ2n) is 8.98. The summed E-state index contributed by atoms with van der Waals surface area (Å²) < 4.78 is 31.8. The van der Waals surface area contributed by atoms with Crippen LogP contribution in [0.2, 0.25) is 10.0 Å². The van der Waals surface area contributed by atoms with E-state index in [0.717, 1.165) is 17.5 Å². The van der Waals surface area contributed by atoms with Crippen LogP contribution in [0.5, 0.6) is 17.2 Å². The summed E-state index contributed by atoms with van der Waals surface area (Å²) in [4.78, 5) is 25.1. The highest BCUT2D eigenvalue weighted by Crippen LogP contribution is 2.39. The summed E-state index contributed by atoms with van der Waals surface area (Å²) in [5.41, 5.74) is 1.18. The van der Waals surface area contributed by atoms with E-state index in [1.807, 2.05) is 6.07 Å². The highest BCUT2D eigenvalue weighted by atomic mass is 35.5. The van der Waals surface area contributed by atoms with Gasteiger partial charge in [0, 0.05) is 22.7 Å². The summed E-state index contributed by atoms with van der Waals surface area (Å²) in [7, 11) is 1.48. The van der Waals surface area contributed by atoms with Gasteiger partial charge in [-0.25, -0.2) is 4.39 Å². The predicted molar refractivity (Wildman–Crippen MR) is 160 cm³/mol. The number of carbonyl (C=O) groups is 2. The van der Waals surface area contributed by atoms with E-state index in [-0.39, 0.29) is 28.5 Å². The molecule has 0 aliphatic carbocycles. The fourth-order valence-electron chi connectivity index (χ4n) is 4.32. The maximum absolute atomic E-state index is 15.2. The van der Waals surface area contributed by atoms with Crippen LogP contribution in [-0.4, -0.2) is 24.1 Å². The zero-order chi connectivity index (χ0) is 30.0. The van der Waals surface area contributed by atoms with Gasteiger partial charge < -0.3 is 24.6 Å². The summed E-state index contributed by atoms with van der Waals surface area (Å²) in [6.45, 7) is 5.03. The first kappa shape index (κ1) is 28.7. The number of methoxy groups -OCH3 is 1. The van der Waals surface area contributed by atoms with Crippen LogP contribution in [0.3, 0.4) is 0 Å². The molecule has 0 saturated carbocycles. The lowest BCUT2D eigenvalue weighted by Gasteiger charge is -2.14. The molecule has 0 spiro atoms. The van der Waals surface area contributed by atoms with E-state index in [1.54, 1.807) is 49.4 Å². The van der Waals surface area contributed by atoms with Crippen molar-refractivity contribution in [3.8, 4) is 28.5 Å². The van der Waals surface area contributed by atoms with Gasteiger partial charge in [0.1, 0.15) is 28.5 Å². The zero-order valence-electron chi connectivity index (χ0n) is 22.3. The first-order valence-electron chi connectivity index (χ1n) is 12.4. The molecule has 4 aromatic carbocycles. The molecule has 0 aliphatic heterocycles. The number of rotatable bonds is 8. The Morgan fingerprint density at radius 2 is 1.71 bits per heavy atom. The number of amides is 2. The summed E-state index contributed by atoms with van der Waals surface area (Å²) in [5.74, 6) is -0.823. The van der Waals surface area contributed by atoms with Gasteiger partial charge in [0.2, 0.25) is 5.91 Å². The number of carbonyl (C=O) groups excluding carboxylic acids is 2. The standard InChI is InChI=1S/C31H22Cl2FN3O5/c1-4-27(38)36-23-15-19-17(13-26(23)40-3)7-5-10-24(19)41-25-12-11-18(14-22(25)34)35-31(39)28-16(2)42-37-30(28)29-20(32)8-6-9-21(29)33/h4-15H,1H2,2-3H3,(H,35,39)(H,36,38). The van der Waals surface area contributed by atoms with Gasteiger partial charge in [0.05, 0.1) is 22.8 Å². The number of aromatic nitrogens is 1. The molecule has 5 aromatic rings. The maximum Gasteiger partial charge on any atom is 0.261 e. The number of hydrogen-bond donors (Lipinski definition) is 2. The van der Waals surface area contributed by atoms with E-state index in [2.05, 4.69) is 22.4 Å². The Morgan fingerprint density at radius 3 is 2.40 bits per heavy atom. The second kappa shape index (κ2) is 11.9. The topological polar surface area (TPSA) is 103 Å². The van der Waals surface area contributed by atoms with Crippen LogP contribution in [0.25, 0.3) is 22.0 Å². The molecule has 0 atom stereocenters. The number of aryl methyl sites for hydroxylation is 1. The lowest BCUT2D eigenvalue weighted by Crippen LogP contribution is -2.14. The Hall–Kier alpha value is -4.86. The molecule has 5 rings (SSSR count). The molecule has 2 amide bonds. The molecule has 1 aromatic heterocycles. The molecule has 0 fully saturated rings. The van der Waals surface area contributed by atoms with E-state index in [9.17, 15) is 9.59 Å².